The van der Waals surface area contributed by atoms with Crippen LogP contribution in [0.4, 0.5) is 11.4 Å². The quantitative estimate of drug-likeness (QED) is 0.649. The number of halogens is 1. The van der Waals surface area contributed by atoms with Crippen molar-refractivity contribution in [2.45, 2.75) is 26.7 Å². The van der Waals surface area contributed by atoms with Gasteiger partial charge in [0.15, 0.2) is 5.69 Å². The Morgan fingerprint density at radius 2 is 1.89 bits per heavy atom. The van der Waals surface area contributed by atoms with Gasteiger partial charge in [0.05, 0.1) is 11.4 Å². The maximum absolute atomic E-state index is 12.8. The van der Waals surface area contributed by atoms with Crippen LogP contribution in [0.25, 0.3) is 5.69 Å². The van der Waals surface area contributed by atoms with Crippen LogP contribution >= 0.6 is 15.9 Å². The molecule has 1 aliphatic heterocycles. The summed E-state index contributed by atoms with van der Waals surface area (Å²) < 4.78 is 2.61. The van der Waals surface area contributed by atoms with E-state index in [-0.39, 0.29) is 5.91 Å². The van der Waals surface area contributed by atoms with Crippen molar-refractivity contribution in [3.63, 3.8) is 0 Å². The molecular weight excluding hydrogens is 418 g/mol. The fourth-order valence-corrected chi connectivity index (χ4v) is 4.02. The number of aromatic nitrogens is 3. The highest BCUT2D eigenvalue weighted by Crippen LogP contribution is 2.27. The highest BCUT2D eigenvalue weighted by Gasteiger charge is 2.19. The lowest BCUT2D eigenvalue weighted by Crippen LogP contribution is -2.19. The Kier molecular flexibility index (Phi) is 5.17. The van der Waals surface area contributed by atoms with E-state index >= 15 is 0 Å². The van der Waals surface area contributed by atoms with Crippen LogP contribution in [0.1, 0.15) is 34.6 Å². The van der Waals surface area contributed by atoms with Crippen molar-refractivity contribution in [3.8, 4) is 5.69 Å². The van der Waals surface area contributed by atoms with Crippen molar-refractivity contribution >= 4 is 33.2 Å². The smallest absolute Gasteiger partial charge is 0.278 e. The van der Waals surface area contributed by atoms with Gasteiger partial charge < -0.3 is 10.2 Å². The summed E-state index contributed by atoms with van der Waals surface area (Å²) in [5, 5.41) is 11.2. The molecule has 0 aliphatic carbocycles. The molecule has 4 rings (SSSR count). The van der Waals surface area contributed by atoms with Gasteiger partial charge in [0.2, 0.25) is 0 Å². The molecule has 0 radical (unpaired) electrons. The first-order chi connectivity index (χ1) is 13.5. The van der Waals surface area contributed by atoms with Crippen molar-refractivity contribution in [3.05, 3.63) is 63.9 Å². The van der Waals surface area contributed by atoms with Crippen LogP contribution in [0, 0.1) is 13.8 Å². The fraction of sp³-hybridized carbons (Fsp3) is 0.286. The molecule has 1 amide bonds. The molecule has 0 saturated carbocycles. The number of carbonyl (C=O) groups excluding carboxylic acids is 1. The van der Waals surface area contributed by atoms with Crippen molar-refractivity contribution in [1.82, 2.24) is 15.0 Å². The average molecular weight is 440 g/mol. The molecule has 0 spiro atoms. The lowest BCUT2D eigenvalue weighted by Gasteiger charge is -2.20. The number of amides is 1. The van der Waals surface area contributed by atoms with Crippen molar-refractivity contribution < 1.29 is 4.79 Å². The van der Waals surface area contributed by atoms with Gasteiger partial charge in [0.1, 0.15) is 0 Å². The SMILES string of the molecule is Cc1cc(NC(=O)c2nnn(-c3cccc(Br)c3)c2C)ccc1N1CCCC1. The van der Waals surface area contributed by atoms with Crippen LogP contribution in [0.15, 0.2) is 46.9 Å². The van der Waals surface area contributed by atoms with Gasteiger partial charge in [-0.2, -0.15) is 0 Å². The predicted molar refractivity (Wildman–Crippen MR) is 114 cm³/mol. The molecule has 0 unspecified atom stereocenters. The summed E-state index contributed by atoms with van der Waals surface area (Å²) in [6.07, 6.45) is 2.48. The maximum atomic E-state index is 12.8. The van der Waals surface area contributed by atoms with Gasteiger partial charge in [-0.1, -0.05) is 27.2 Å². The summed E-state index contributed by atoms with van der Waals surface area (Å²) in [4.78, 5) is 15.1. The fourth-order valence-electron chi connectivity index (χ4n) is 3.63. The molecule has 6 nitrogen and oxygen atoms in total. The molecule has 3 aromatic rings. The van der Waals surface area contributed by atoms with Crippen LogP contribution in [0.5, 0.6) is 0 Å². The molecule has 28 heavy (non-hydrogen) atoms. The zero-order chi connectivity index (χ0) is 19.7. The van der Waals surface area contributed by atoms with E-state index in [1.165, 1.54) is 18.5 Å². The summed E-state index contributed by atoms with van der Waals surface area (Å²) in [5.74, 6) is -0.257. The number of nitrogens with zero attached hydrogens (tertiary/aromatic N) is 4. The van der Waals surface area contributed by atoms with E-state index in [4.69, 9.17) is 0 Å². The van der Waals surface area contributed by atoms with E-state index in [9.17, 15) is 4.79 Å². The van der Waals surface area contributed by atoms with Crippen molar-refractivity contribution in [2.24, 2.45) is 0 Å². The molecule has 1 N–H and O–H groups in total. The Morgan fingerprint density at radius 1 is 1.11 bits per heavy atom. The molecular formula is C21H22BrN5O. The maximum Gasteiger partial charge on any atom is 0.278 e. The van der Waals surface area contributed by atoms with Crippen molar-refractivity contribution in [1.29, 1.82) is 0 Å². The van der Waals surface area contributed by atoms with Crippen LogP contribution < -0.4 is 10.2 Å². The first-order valence-electron chi connectivity index (χ1n) is 9.38. The lowest BCUT2D eigenvalue weighted by atomic mass is 10.1. The zero-order valence-electron chi connectivity index (χ0n) is 15.9. The van der Waals surface area contributed by atoms with Crippen molar-refractivity contribution in [2.75, 3.05) is 23.3 Å². The second-order valence-corrected chi connectivity index (χ2v) is 7.98. The number of aryl methyl sites for hydroxylation is 1. The molecule has 1 saturated heterocycles. The summed E-state index contributed by atoms with van der Waals surface area (Å²) in [7, 11) is 0. The minimum absolute atomic E-state index is 0.257. The molecule has 1 aliphatic rings. The van der Waals surface area contributed by atoms with Gasteiger partial charge in [-0.05, 0) is 68.7 Å². The van der Waals surface area contributed by atoms with E-state index in [2.05, 4.69) is 49.4 Å². The van der Waals surface area contributed by atoms with Crippen LogP contribution in [-0.4, -0.2) is 34.0 Å². The second-order valence-electron chi connectivity index (χ2n) is 7.06. The number of rotatable bonds is 4. The van der Waals surface area contributed by atoms with Crippen LogP contribution in [0.3, 0.4) is 0 Å². The first kappa shape index (κ1) is 18.7. The van der Waals surface area contributed by atoms with Crippen LogP contribution in [-0.2, 0) is 0 Å². The minimum atomic E-state index is -0.257. The van der Waals surface area contributed by atoms with Gasteiger partial charge in [-0.15, -0.1) is 5.10 Å². The number of anilines is 2. The first-order valence-corrected chi connectivity index (χ1v) is 10.2. The van der Waals surface area contributed by atoms with E-state index in [1.54, 1.807) is 4.68 Å². The molecule has 1 aromatic heterocycles. The van der Waals surface area contributed by atoms with E-state index < -0.39 is 0 Å². The number of hydrogen-bond donors (Lipinski definition) is 1. The Hall–Kier alpha value is -2.67. The number of benzene rings is 2. The molecule has 2 heterocycles. The summed E-state index contributed by atoms with van der Waals surface area (Å²) >= 11 is 3.46. The molecule has 1 fully saturated rings. The third-order valence-corrected chi connectivity index (χ3v) is 5.56. The Labute approximate surface area is 172 Å². The van der Waals surface area contributed by atoms with Gasteiger partial charge in [-0.3, -0.25) is 4.79 Å². The molecule has 0 bridgehead atoms. The highest BCUT2D eigenvalue weighted by molar-refractivity contribution is 9.10. The molecule has 144 valence electrons. The Morgan fingerprint density at radius 3 is 2.61 bits per heavy atom. The van der Waals surface area contributed by atoms with Gasteiger partial charge in [0.25, 0.3) is 5.91 Å². The molecule has 7 heteroatoms. The summed E-state index contributed by atoms with van der Waals surface area (Å²) in [6, 6.07) is 13.8. The molecule has 0 atom stereocenters. The topological polar surface area (TPSA) is 63.1 Å². The monoisotopic (exact) mass is 439 g/mol. The number of carbonyl (C=O) groups is 1. The minimum Gasteiger partial charge on any atom is -0.371 e. The number of hydrogen-bond acceptors (Lipinski definition) is 4. The van der Waals surface area contributed by atoms with E-state index in [0.717, 1.165) is 34.5 Å². The average Bonchev–Trinajstić information content (AvgIpc) is 3.31. The standard InChI is InChI=1S/C21H22BrN5O/c1-14-12-17(8-9-19(14)26-10-3-4-11-26)23-21(28)20-15(2)27(25-24-20)18-7-5-6-16(22)13-18/h5-9,12-13H,3-4,10-11H2,1-2H3,(H,23,28). The molecule has 2 aromatic carbocycles. The normalized spacial score (nSPS) is 13.8. The predicted octanol–water partition coefficient (Wildman–Crippen LogP) is 4.50. The highest BCUT2D eigenvalue weighted by atomic mass is 79.9. The largest absolute Gasteiger partial charge is 0.371 e. The summed E-state index contributed by atoms with van der Waals surface area (Å²) in [5.41, 5.74) is 5.04. The third kappa shape index (κ3) is 3.67. The van der Waals surface area contributed by atoms with Gasteiger partial charge in [0, 0.05) is 28.9 Å². The summed E-state index contributed by atoms with van der Waals surface area (Å²) in [6.45, 7) is 6.13. The van der Waals surface area contributed by atoms with E-state index in [1.807, 2.05) is 43.3 Å². The number of nitrogens with one attached hydrogen (secondary N) is 1. The van der Waals surface area contributed by atoms with Gasteiger partial charge in [-0.25, -0.2) is 4.68 Å². The Bertz CT molecular complexity index is 1020. The third-order valence-electron chi connectivity index (χ3n) is 5.06. The van der Waals surface area contributed by atoms with Gasteiger partial charge >= 0.3 is 0 Å². The Balaban J connectivity index is 1.53. The zero-order valence-corrected chi connectivity index (χ0v) is 17.5. The van der Waals surface area contributed by atoms with Crippen LogP contribution in [0.2, 0.25) is 0 Å². The van der Waals surface area contributed by atoms with E-state index in [0.29, 0.717) is 11.4 Å². The second kappa shape index (κ2) is 7.75. The lowest BCUT2D eigenvalue weighted by molar-refractivity contribution is 0.102.